The Bertz CT molecular complexity index is 1430. The second-order valence-corrected chi connectivity index (χ2v) is 12.9. The monoisotopic (exact) mass is 629 g/mol. The first-order valence-electron chi connectivity index (χ1n) is 13.2. The predicted octanol–water partition coefficient (Wildman–Crippen LogP) is 5.57. The van der Waals surface area contributed by atoms with E-state index < -0.39 is 34.3 Å². The number of nitrogens with one attached hydrogen (secondary N) is 1. The van der Waals surface area contributed by atoms with Crippen LogP contribution in [0, 0.1) is 12.7 Å². The van der Waals surface area contributed by atoms with Gasteiger partial charge in [-0.25, -0.2) is 12.8 Å². The van der Waals surface area contributed by atoms with Gasteiger partial charge in [-0.3, -0.25) is 13.9 Å². The standard InChI is InChI=1S/C30H33BrFN3O4S/c1-21-7-15-27(16-8-21)35(40(38,39)28-17-13-25(32)14-18-28)20-29(36)34(19-23-9-11-24(31)12-10-23)22(2)30(37)33-26-5-3-4-6-26/h7-18,22,26H,3-6,19-20H2,1-2H3,(H,33,37)/t22-/m0/s1. The summed E-state index contributed by atoms with van der Waals surface area (Å²) in [5.41, 5.74) is 2.00. The minimum atomic E-state index is -4.24. The van der Waals surface area contributed by atoms with Crippen molar-refractivity contribution in [2.45, 2.75) is 63.1 Å². The Labute approximate surface area is 243 Å². The Morgan fingerprint density at radius 3 is 2.17 bits per heavy atom. The Kier molecular flexibility index (Phi) is 9.63. The molecular formula is C30H33BrFN3O4S. The molecule has 1 aliphatic rings. The van der Waals surface area contributed by atoms with Crippen molar-refractivity contribution < 1.29 is 22.4 Å². The molecule has 0 bridgehead atoms. The highest BCUT2D eigenvalue weighted by atomic mass is 79.9. The molecule has 2 amide bonds. The lowest BCUT2D eigenvalue weighted by Crippen LogP contribution is -2.52. The highest BCUT2D eigenvalue weighted by molar-refractivity contribution is 9.10. The SMILES string of the molecule is Cc1ccc(N(CC(=O)N(Cc2ccc(Br)cc2)[C@@H](C)C(=O)NC2CCCC2)S(=O)(=O)c2ccc(F)cc2)cc1. The smallest absolute Gasteiger partial charge is 0.264 e. The van der Waals surface area contributed by atoms with Crippen LogP contribution in [-0.2, 0) is 26.2 Å². The van der Waals surface area contributed by atoms with Crippen molar-refractivity contribution in [1.29, 1.82) is 0 Å². The molecule has 10 heteroatoms. The molecule has 1 fully saturated rings. The summed E-state index contributed by atoms with van der Waals surface area (Å²) in [6.07, 6.45) is 3.90. The third kappa shape index (κ3) is 7.28. The summed E-state index contributed by atoms with van der Waals surface area (Å²) in [5, 5.41) is 3.05. The second-order valence-electron chi connectivity index (χ2n) is 10.1. The molecule has 1 aliphatic carbocycles. The highest BCUT2D eigenvalue weighted by Gasteiger charge is 2.33. The topological polar surface area (TPSA) is 86.8 Å². The third-order valence-corrected chi connectivity index (χ3v) is 9.45. The number of benzene rings is 3. The Morgan fingerprint density at radius 1 is 0.975 bits per heavy atom. The Morgan fingerprint density at radius 2 is 1.57 bits per heavy atom. The first kappa shape index (κ1) is 29.7. The van der Waals surface area contributed by atoms with Crippen LogP contribution in [0.3, 0.4) is 0 Å². The van der Waals surface area contributed by atoms with E-state index in [1.165, 1.54) is 17.0 Å². The summed E-state index contributed by atoms with van der Waals surface area (Å²) in [6, 6.07) is 17.9. The molecule has 3 aromatic rings. The van der Waals surface area contributed by atoms with Gasteiger partial charge in [0.15, 0.2) is 0 Å². The number of carbonyl (C=O) groups is 2. The first-order chi connectivity index (χ1) is 19.0. The number of hydrogen-bond acceptors (Lipinski definition) is 4. The van der Waals surface area contributed by atoms with Crippen molar-refractivity contribution in [2.24, 2.45) is 0 Å². The molecule has 0 aromatic heterocycles. The van der Waals surface area contributed by atoms with Gasteiger partial charge < -0.3 is 10.2 Å². The first-order valence-corrected chi connectivity index (χ1v) is 15.5. The van der Waals surface area contributed by atoms with Crippen LogP contribution in [0.2, 0.25) is 0 Å². The van der Waals surface area contributed by atoms with Crippen LogP contribution in [0.4, 0.5) is 10.1 Å². The van der Waals surface area contributed by atoms with Crippen molar-refractivity contribution in [1.82, 2.24) is 10.2 Å². The molecule has 40 heavy (non-hydrogen) atoms. The normalized spacial score (nSPS) is 14.5. The number of aryl methyl sites for hydroxylation is 1. The fourth-order valence-corrected chi connectivity index (χ4v) is 6.41. The lowest BCUT2D eigenvalue weighted by molar-refractivity contribution is -0.139. The van der Waals surface area contributed by atoms with Gasteiger partial charge >= 0.3 is 0 Å². The minimum Gasteiger partial charge on any atom is -0.352 e. The molecule has 0 unspecified atom stereocenters. The number of anilines is 1. The number of hydrogen-bond donors (Lipinski definition) is 1. The summed E-state index contributed by atoms with van der Waals surface area (Å²) in [4.78, 5) is 28.5. The molecule has 4 rings (SSSR count). The van der Waals surface area contributed by atoms with Gasteiger partial charge in [-0.1, -0.05) is 58.6 Å². The molecule has 1 saturated carbocycles. The molecule has 0 spiro atoms. The number of sulfonamides is 1. The molecule has 1 N–H and O–H groups in total. The molecule has 3 aromatic carbocycles. The lowest BCUT2D eigenvalue weighted by Gasteiger charge is -2.32. The zero-order valence-corrected chi connectivity index (χ0v) is 24.9. The average Bonchev–Trinajstić information content (AvgIpc) is 3.44. The van der Waals surface area contributed by atoms with Crippen molar-refractivity contribution >= 4 is 43.5 Å². The van der Waals surface area contributed by atoms with Crippen LogP contribution in [0.25, 0.3) is 0 Å². The summed E-state index contributed by atoms with van der Waals surface area (Å²) >= 11 is 3.41. The molecular weight excluding hydrogens is 597 g/mol. The maximum atomic E-state index is 14.0. The van der Waals surface area contributed by atoms with Gasteiger partial charge in [0.1, 0.15) is 18.4 Å². The fraction of sp³-hybridized carbons (Fsp3) is 0.333. The molecule has 212 valence electrons. The molecule has 0 radical (unpaired) electrons. The third-order valence-electron chi connectivity index (χ3n) is 7.14. The number of nitrogens with zero attached hydrogens (tertiary/aromatic N) is 2. The van der Waals surface area contributed by atoms with Crippen LogP contribution < -0.4 is 9.62 Å². The van der Waals surface area contributed by atoms with Gasteiger partial charge in [-0.05, 0) is 80.8 Å². The Hall–Kier alpha value is -3.24. The summed E-state index contributed by atoms with van der Waals surface area (Å²) in [7, 11) is -4.24. The predicted molar refractivity (Wildman–Crippen MR) is 157 cm³/mol. The van der Waals surface area contributed by atoms with E-state index in [-0.39, 0.29) is 29.1 Å². The van der Waals surface area contributed by atoms with Crippen LogP contribution in [0.1, 0.15) is 43.7 Å². The van der Waals surface area contributed by atoms with Gasteiger partial charge in [-0.15, -0.1) is 0 Å². The zero-order valence-electron chi connectivity index (χ0n) is 22.5. The molecule has 0 aliphatic heterocycles. The second kappa shape index (κ2) is 13.0. The molecule has 0 saturated heterocycles. The van der Waals surface area contributed by atoms with E-state index in [9.17, 15) is 22.4 Å². The van der Waals surface area contributed by atoms with Crippen molar-refractivity contribution in [2.75, 3.05) is 10.8 Å². The minimum absolute atomic E-state index is 0.0718. The molecule has 7 nitrogen and oxygen atoms in total. The van der Waals surface area contributed by atoms with Crippen LogP contribution in [-0.4, -0.2) is 43.8 Å². The average molecular weight is 631 g/mol. The number of carbonyl (C=O) groups excluding carboxylic acids is 2. The van der Waals surface area contributed by atoms with E-state index in [4.69, 9.17) is 0 Å². The van der Waals surface area contributed by atoms with E-state index in [1.54, 1.807) is 31.2 Å². The van der Waals surface area contributed by atoms with E-state index in [1.807, 2.05) is 31.2 Å². The Balaban J connectivity index is 1.67. The van der Waals surface area contributed by atoms with Gasteiger partial charge in [0.2, 0.25) is 11.8 Å². The number of amides is 2. The molecule has 0 heterocycles. The maximum Gasteiger partial charge on any atom is 0.264 e. The van der Waals surface area contributed by atoms with Crippen LogP contribution in [0.5, 0.6) is 0 Å². The van der Waals surface area contributed by atoms with Gasteiger partial charge in [0.05, 0.1) is 10.6 Å². The fourth-order valence-electron chi connectivity index (χ4n) is 4.73. The van der Waals surface area contributed by atoms with Crippen LogP contribution in [0.15, 0.2) is 82.2 Å². The van der Waals surface area contributed by atoms with Crippen molar-refractivity contribution in [3.63, 3.8) is 0 Å². The van der Waals surface area contributed by atoms with Gasteiger partial charge in [-0.2, -0.15) is 0 Å². The van der Waals surface area contributed by atoms with E-state index in [0.29, 0.717) is 0 Å². The summed E-state index contributed by atoms with van der Waals surface area (Å²) in [5.74, 6) is -1.39. The summed E-state index contributed by atoms with van der Waals surface area (Å²) in [6.45, 7) is 3.11. The van der Waals surface area contributed by atoms with E-state index in [2.05, 4.69) is 21.2 Å². The largest absolute Gasteiger partial charge is 0.352 e. The van der Waals surface area contributed by atoms with Crippen LogP contribution >= 0.6 is 15.9 Å². The zero-order chi connectivity index (χ0) is 28.9. The highest BCUT2D eigenvalue weighted by Crippen LogP contribution is 2.26. The quantitative estimate of drug-likeness (QED) is 0.318. The van der Waals surface area contributed by atoms with E-state index in [0.717, 1.165) is 57.7 Å². The van der Waals surface area contributed by atoms with Gasteiger partial charge in [0.25, 0.3) is 10.0 Å². The number of halogens is 2. The lowest BCUT2D eigenvalue weighted by atomic mass is 10.1. The van der Waals surface area contributed by atoms with Crippen molar-refractivity contribution in [3.05, 3.63) is 94.2 Å². The number of rotatable bonds is 10. The maximum absolute atomic E-state index is 14.0. The van der Waals surface area contributed by atoms with Crippen molar-refractivity contribution in [3.8, 4) is 0 Å². The van der Waals surface area contributed by atoms with Gasteiger partial charge in [0, 0.05) is 17.1 Å². The van der Waals surface area contributed by atoms with E-state index >= 15 is 0 Å². The summed E-state index contributed by atoms with van der Waals surface area (Å²) < 4.78 is 43.0. The molecule has 1 atom stereocenters.